The number of para-hydroxylation sites is 4. The molecule has 0 spiro atoms. The Hall–Kier alpha value is -7.12. The van der Waals surface area contributed by atoms with Crippen LogP contribution in [0.2, 0.25) is 0 Å². The van der Waals surface area contributed by atoms with E-state index in [9.17, 15) is 0 Å². The zero-order valence-corrected chi connectivity index (χ0v) is 33.8. The maximum Gasteiger partial charge on any atom is 0.252 e. The molecule has 60 heavy (non-hydrogen) atoms. The van der Waals surface area contributed by atoms with Crippen molar-refractivity contribution in [3.63, 3.8) is 0 Å². The molecule has 0 amide bonds. The van der Waals surface area contributed by atoms with Gasteiger partial charge in [-0.25, -0.2) is 0 Å². The molecule has 0 N–H and O–H groups in total. The van der Waals surface area contributed by atoms with Crippen molar-refractivity contribution in [2.45, 2.75) is 0 Å². The van der Waals surface area contributed by atoms with Gasteiger partial charge in [0.1, 0.15) is 0 Å². The fourth-order valence-electron chi connectivity index (χ4n) is 10.5. The van der Waals surface area contributed by atoms with Gasteiger partial charge in [0.05, 0.1) is 57.6 Å². The molecule has 9 aromatic carbocycles. The van der Waals surface area contributed by atoms with E-state index in [0.717, 1.165) is 0 Å². The second-order valence-electron chi connectivity index (χ2n) is 16.0. The van der Waals surface area contributed by atoms with E-state index in [4.69, 9.17) is 0 Å². The fraction of sp³-hybridized carbons (Fsp3) is 0. The third-order valence-electron chi connectivity index (χ3n) is 12.9. The van der Waals surface area contributed by atoms with Crippen molar-refractivity contribution >= 4 is 108 Å². The molecular formula is C54H32BN3S2. The molecule has 2 aliphatic heterocycles. The Labute approximate surface area is 353 Å². The minimum absolute atomic E-state index is 0.0127. The molecule has 0 aliphatic carbocycles. The summed E-state index contributed by atoms with van der Waals surface area (Å²) in [5.74, 6) is 0. The van der Waals surface area contributed by atoms with Crippen LogP contribution in [0.25, 0.3) is 102 Å². The predicted molar refractivity (Wildman–Crippen MR) is 258 cm³/mol. The summed E-state index contributed by atoms with van der Waals surface area (Å²) in [6.45, 7) is -0.0127. The molecule has 0 fully saturated rings. The summed E-state index contributed by atoms with van der Waals surface area (Å²) < 4.78 is 12.9. The van der Waals surface area contributed by atoms with Crippen LogP contribution in [0.1, 0.15) is 0 Å². The van der Waals surface area contributed by atoms with Gasteiger partial charge >= 0.3 is 0 Å². The van der Waals surface area contributed by atoms with Crippen molar-refractivity contribution in [2.24, 2.45) is 0 Å². The lowest BCUT2D eigenvalue weighted by Gasteiger charge is -2.37. The van der Waals surface area contributed by atoms with Crippen molar-refractivity contribution in [3.05, 3.63) is 194 Å². The Morgan fingerprint density at radius 1 is 0.350 bits per heavy atom. The Bertz CT molecular complexity index is 3600. The van der Waals surface area contributed by atoms with Gasteiger partial charge in [0.15, 0.2) is 0 Å². The monoisotopic (exact) mass is 797 g/mol. The van der Waals surface area contributed by atoms with E-state index in [1.807, 2.05) is 22.7 Å². The molecular weight excluding hydrogens is 766 g/mol. The second kappa shape index (κ2) is 12.2. The standard InChI is InChI=1S/C54H32BN3S2/c1-3-15-33(16-4-1)35-27-29-43-39(31-35)55-40-32-36(34-17-5-2-6-18-34)28-30-44(40)58-46-24-12-14-26-48(46)60-54-51(58)49(55)50-53(59-47-25-13-11-23-45(47)57(43)50)52(54)56-41-21-9-7-19-37(41)38-20-8-10-22-42(38)56/h1-32H. The van der Waals surface area contributed by atoms with Gasteiger partial charge in [-0.05, 0) is 87.2 Å². The molecule has 0 saturated heterocycles. The zero-order valence-electron chi connectivity index (χ0n) is 32.2. The van der Waals surface area contributed by atoms with E-state index in [0.29, 0.717) is 0 Å². The summed E-state index contributed by atoms with van der Waals surface area (Å²) in [4.78, 5) is 0. The average molecular weight is 798 g/mol. The highest BCUT2D eigenvalue weighted by atomic mass is 32.1. The lowest BCUT2D eigenvalue weighted by molar-refractivity contribution is 1.15. The molecule has 12 aromatic rings. The predicted octanol–water partition coefficient (Wildman–Crippen LogP) is 12.7. The van der Waals surface area contributed by atoms with Crippen LogP contribution in [0.4, 0.5) is 0 Å². The van der Waals surface area contributed by atoms with Crippen LogP contribution in [0.3, 0.4) is 0 Å². The van der Waals surface area contributed by atoms with Crippen molar-refractivity contribution < 1.29 is 0 Å². The molecule has 2 aliphatic rings. The lowest BCUT2D eigenvalue weighted by Crippen LogP contribution is -2.59. The summed E-state index contributed by atoms with van der Waals surface area (Å²) in [5.41, 5.74) is 20.2. The number of hydrogen-bond acceptors (Lipinski definition) is 2. The van der Waals surface area contributed by atoms with Crippen molar-refractivity contribution in [1.82, 2.24) is 13.7 Å². The van der Waals surface area contributed by atoms with E-state index in [1.54, 1.807) is 0 Å². The highest BCUT2D eigenvalue weighted by Crippen LogP contribution is 2.47. The van der Waals surface area contributed by atoms with E-state index in [1.165, 1.54) is 118 Å². The van der Waals surface area contributed by atoms with Gasteiger partial charge in [0, 0.05) is 22.1 Å². The molecule has 5 heterocycles. The summed E-state index contributed by atoms with van der Waals surface area (Å²) in [6.07, 6.45) is 0. The SMILES string of the molecule is c1ccc(-c2ccc3c(c2)B2c4cc(-c5ccccc5)ccc4-n4c5ccccc5sc5c(-n6c7ccccc7c7ccccc76)c6sc7ccccc7n-3c6c2c54)cc1. The molecule has 14 rings (SSSR count). The molecule has 0 unspecified atom stereocenters. The summed E-state index contributed by atoms with van der Waals surface area (Å²) >= 11 is 3.87. The van der Waals surface area contributed by atoms with Gasteiger partial charge < -0.3 is 13.7 Å². The van der Waals surface area contributed by atoms with Gasteiger partial charge in [-0.1, -0.05) is 146 Å². The number of aromatic nitrogens is 3. The summed E-state index contributed by atoms with van der Waals surface area (Å²) in [5, 5.41) is 2.54. The maximum absolute atomic E-state index is 2.62. The quantitative estimate of drug-likeness (QED) is 0.125. The van der Waals surface area contributed by atoms with Gasteiger partial charge in [-0.2, -0.15) is 0 Å². The molecule has 0 bridgehead atoms. The number of benzene rings is 9. The van der Waals surface area contributed by atoms with Crippen LogP contribution >= 0.6 is 22.7 Å². The van der Waals surface area contributed by atoms with E-state index in [2.05, 4.69) is 208 Å². The molecule has 0 saturated carbocycles. The molecule has 3 nitrogen and oxygen atoms in total. The number of nitrogens with zero attached hydrogens (tertiary/aromatic N) is 3. The van der Waals surface area contributed by atoms with E-state index >= 15 is 0 Å². The van der Waals surface area contributed by atoms with Crippen LogP contribution in [-0.2, 0) is 0 Å². The largest absolute Gasteiger partial charge is 0.309 e. The Balaban J connectivity index is 1.27. The number of hydrogen-bond donors (Lipinski definition) is 0. The first-order valence-electron chi connectivity index (χ1n) is 20.6. The third kappa shape index (κ3) is 4.34. The average Bonchev–Trinajstić information content (AvgIpc) is 3.65. The Morgan fingerprint density at radius 3 is 1.25 bits per heavy atom. The maximum atomic E-state index is 2.62. The van der Waals surface area contributed by atoms with E-state index in [-0.39, 0.29) is 6.71 Å². The van der Waals surface area contributed by atoms with Crippen molar-refractivity contribution in [3.8, 4) is 39.3 Å². The Morgan fingerprint density at radius 2 is 0.767 bits per heavy atom. The normalized spacial score (nSPS) is 12.6. The summed E-state index contributed by atoms with van der Waals surface area (Å²) in [7, 11) is 0. The fourth-order valence-corrected chi connectivity index (χ4v) is 13.0. The minimum atomic E-state index is -0.0127. The first kappa shape index (κ1) is 32.8. The van der Waals surface area contributed by atoms with Crippen LogP contribution < -0.4 is 16.4 Å². The highest BCUT2D eigenvalue weighted by molar-refractivity contribution is 7.28. The molecule has 0 radical (unpaired) electrons. The third-order valence-corrected chi connectivity index (χ3v) is 15.2. The van der Waals surface area contributed by atoms with Crippen LogP contribution in [0.5, 0.6) is 0 Å². The number of fused-ring (bicyclic) bond motifs is 13. The van der Waals surface area contributed by atoms with Crippen molar-refractivity contribution in [2.75, 3.05) is 0 Å². The summed E-state index contributed by atoms with van der Waals surface area (Å²) in [6, 6.07) is 72.2. The Kier molecular flexibility index (Phi) is 6.68. The number of rotatable bonds is 3. The molecule has 6 heteroatoms. The van der Waals surface area contributed by atoms with Crippen LogP contribution in [-0.4, -0.2) is 20.4 Å². The first-order valence-corrected chi connectivity index (χ1v) is 22.2. The van der Waals surface area contributed by atoms with Gasteiger partial charge in [-0.15, -0.1) is 22.7 Å². The molecule has 0 atom stereocenters. The van der Waals surface area contributed by atoms with Gasteiger partial charge in [0.25, 0.3) is 6.71 Å². The smallest absolute Gasteiger partial charge is 0.252 e. The first-order chi connectivity index (χ1) is 29.8. The van der Waals surface area contributed by atoms with E-state index < -0.39 is 0 Å². The minimum Gasteiger partial charge on any atom is -0.309 e. The lowest BCUT2D eigenvalue weighted by atomic mass is 9.34. The van der Waals surface area contributed by atoms with Gasteiger partial charge in [0.2, 0.25) is 0 Å². The highest BCUT2D eigenvalue weighted by Gasteiger charge is 2.42. The van der Waals surface area contributed by atoms with Gasteiger partial charge in [-0.3, -0.25) is 0 Å². The van der Waals surface area contributed by atoms with Crippen molar-refractivity contribution in [1.29, 1.82) is 0 Å². The molecule has 3 aromatic heterocycles. The second-order valence-corrected chi connectivity index (χ2v) is 18.1. The zero-order chi connectivity index (χ0) is 39.1. The van der Waals surface area contributed by atoms with Crippen LogP contribution in [0.15, 0.2) is 194 Å². The van der Waals surface area contributed by atoms with Crippen LogP contribution in [0, 0.1) is 0 Å². The topological polar surface area (TPSA) is 14.8 Å². The molecule has 278 valence electrons.